The van der Waals surface area contributed by atoms with Crippen molar-refractivity contribution in [2.75, 3.05) is 61.9 Å². The monoisotopic (exact) mass is 1310 g/mol. The summed E-state index contributed by atoms with van der Waals surface area (Å²) in [6.07, 6.45) is 1.52. The van der Waals surface area contributed by atoms with Gasteiger partial charge in [-0.15, -0.1) is 0 Å². The van der Waals surface area contributed by atoms with Gasteiger partial charge in [-0.2, -0.15) is 0 Å². The van der Waals surface area contributed by atoms with Crippen molar-refractivity contribution in [1.82, 2.24) is 60.5 Å². The first-order chi connectivity index (χ1) is 43.2. The van der Waals surface area contributed by atoms with Crippen LogP contribution >= 0.6 is 0 Å². The molecule has 0 aromatic rings. The van der Waals surface area contributed by atoms with Crippen LogP contribution in [0.4, 0.5) is 4.79 Å². The molecule has 26 nitrogen and oxygen atoms in total. The van der Waals surface area contributed by atoms with E-state index in [2.05, 4.69) is 21.3 Å². The number of nitrogens with zero attached hydrogens (tertiary/aromatic N) is 8. The van der Waals surface area contributed by atoms with Crippen LogP contribution in [-0.4, -0.2) is 256 Å². The average molecular weight is 1310 g/mol. The van der Waals surface area contributed by atoms with Gasteiger partial charge in [-0.3, -0.25) is 52.7 Å². The lowest BCUT2D eigenvalue weighted by molar-refractivity contribution is -0.157. The standard InChI is InChI=1S/C67H116N12O14/c1-24-26-28-42(15)55(80)54-59(84)70-46(25-2)61(86)79-35-45(93-67(92)78-29-27-30-78)34-50(79)64(89)75(21)52(40(11)12)58(83)71-51(39(9)10)65(90)72(18)47(31-36(3)4)57(82)68-43(16)56(81)69-44(17)60(85)73(19)48(32-37(5)6)62(87)74(20)49(33-38(7)8)63(88)76(22)53(41(13)14)66(91)77(54)23/h24,26,36-55,80H,25,27-35H2,1-23H3,(H,68,82)(H,69,81)(H,70,84)(H,71,83)/b26-24+/t42-,43+,44-,45?,46+,47+,48+,49+,50-,51+,52+,53+,54+,55-/m1/s1. The van der Waals surface area contributed by atoms with Gasteiger partial charge in [-0.05, 0) is 101 Å². The molecule has 0 aliphatic carbocycles. The van der Waals surface area contributed by atoms with E-state index < -0.39 is 173 Å². The van der Waals surface area contributed by atoms with Crippen LogP contribution in [0.15, 0.2) is 12.2 Å². The minimum atomic E-state index is -1.68. The van der Waals surface area contributed by atoms with Crippen molar-refractivity contribution >= 4 is 71.1 Å². The zero-order valence-electron chi connectivity index (χ0n) is 60.1. The van der Waals surface area contributed by atoms with Crippen molar-refractivity contribution in [3.05, 3.63) is 12.2 Å². The van der Waals surface area contributed by atoms with Crippen LogP contribution in [0.3, 0.4) is 0 Å². The van der Waals surface area contributed by atoms with Gasteiger partial charge in [0.15, 0.2) is 0 Å². The van der Waals surface area contributed by atoms with E-state index in [0.29, 0.717) is 13.1 Å². The maximum absolute atomic E-state index is 15.4. The maximum Gasteiger partial charge on any atom is 0.410 e. The molecule has 93 heavy (non-hydrogen) atoms. The molecule has 3 aliphatic rings. The summed E-state index contributed by atoms with van der Waals surface area (Å²) in [5.41, 5.74) is 0. The minimum Gasteiger partial charge on any atom is -0.444 e. The first-order valence-electron chi connectivity index (χ1n) is 33.5. The number of allylic oxidation sites excluding steroid dienone is 2. The summed E-state index contributed by atoms with van der Waals surface area (Å²) in [4.78, 5) is 187. The normalized spacial score (nSPS) is 28.5. The number of fused-ring (bicyclic) bond motifs is 1. The number of hydrogen-bond acceptors (Lipinski definition) is 14. The molecule has 0 aromatic heterocycles. The molecule has 0 aromatic carbocycles. The van der Waals surface area contributed by atoms with E-state index in [1.165, 1.54) is 90.4 Å². The number of likely N-dealkylation sites (tertiary alicyclic amines) is 1. The highest BCUT2D eigenvalue weighted by Crippen LogP contribution is 2.29. The Bertz CT molecular complexity index is 2660. The topological polar surface area (TPSA) is 308 Å². The molecule has 3 heterocycles. The molecule has 0 bridgehead atoms. The van der Waals surface area contributed by atoms with Gasteiger partial charge in [0.05, 0.1) is 12.6 Å². The predicted octanol–water partition coefficient (Wildman–Crippen LogP) is 3.23. The number of nitrogens with one attached hydrogen (secondary N) is 4. The van der Waals surface area contributed by atoms with Crippen LogP contribution in [0, 0.1) is 41.4 Å². The van der Waals surface area contributed by atoms with Crippen molar-refractivity contribution in [1.29, 1.82) is 0 Å². The summed E-state index contributed by atoms with van der Waals surface area (Å²) in [5, 5.41) is 23.3. The molecule has 0 radical (unpaired) electrons. The highest BCUT2D eigenvalue weighted by Gasteiger charge is 2.50. The number of carbonyl (C=O) groups is 12. The molecule has 3 fully saturated rings. The van der Waals surface area contributed by atoms with Crippen molar-refractivity contribution in [2.45, 2.75) is 241 Å². The second kappa shape index (κ2) is 35.6. The number of hydrogen-bond donors (Lipinski definition) is 5. The van der Waals surface area contributed by atoms with Crippen molar-refractivity contribution in [2.24, 2.45) is 41.4 Å². The Morgan fingerprint density at radius 2 is 0.989 bits per heavy atom. The SMILES string of the molecule is C/C=C/C[C@@H](C)[C@@H](O)[C@H]1C(=O)N[C@@H](CC)C(=O)N2CC(OC(=O)N3CCC3)C[C@@H]2C(=O)N(C)[C@@H](C(C)C)C(=O)N[C@@H](C(C)C)C(=O)N(C)[C@@H](CC(C)C)C(=O)N[C@@H](C)C(=O)N[C@H](C)C(=O)N(C)[C@@H](CC(C)C)C(=O)N(C)[C@@H](CC(C)C)C(=O)N(C)[C@@H](C(C)C)C(=O)N1C. The molecule has 0 spiro atoms. The number of aliphatic hydroxyl groups excluding tert-OH is 1. The van der Waals surface area contributed by atoms with Crippen LogP contribution in [0.25, 0.3) is 0 Å². The molecule has 3 saturated heterocycles. The number of aliphatic hydroxyl groups is 1. The molecule has 3 rings (SSSR count). The van der Waals surface area contributed by atoms with Crippen LogP contribution in [0.5, 0.6) is 0 Å². The number of ether oxygens (including phenoxy) is 1. The van der Waals surface area contributed by atoms with Gasteiger partial charge >= 0.3 is 6.09 Å². The number of likely N-dealkylation sites (N-methyl/N-ethyl adjacent to an activating group) is 6. The first kappa shape index (κ1) is 80.4. The van der Waals surface area contributed by atoms with Crippen molar-refractivity contribution < 1.29 is 67.4 Å². The number of amides is 12. The van der Waals surface area contributed by atoms with E-state index in [4.69, 9.17) is 4.74 Å². The third-order valence-corrected chi connectivity index (χ3v) is 18.3. The second-order valence-corrected chi connectivity index (χ2v) is 28.5. The van der Waals surface area contributed by atoms with Gasteiger partial charge in [0.2, 0.25) is 65.0 Å². The fourth-order valence-electron chi connectivity index (χ4n) is 12.5. The van der Waals surface area contributed by atoms with Crippen LogP contribution < -0.4 is 21.3 Å². The molecule has 528 valence electrons. The summed E-state index contributed by atoms with van der Waals surface area (Å²) < 4.78 is 5.92. The summed E-state index contributed by atoms with van der Waals surface area (Å²) in [6.45, 7) is 30.0. The zero-order valence-corrected chi connectivity index (χ0v) is 60.1. The Hall–Kier alpha value is -6.86. The second-order valence-electron chi connectivity index (χ2n) is 28.5. The first-order valence-corrected chi connectivity index (χ1v) is 33.5. The van der Waals surface area contributed by atoms with Gasteiger partial charge in [0.25, 0.3) is 0 Å². The van der Waals surface area contributed by atoms with Gasteiger partial charge in [0, 0.05) is 61.8 Å². The fraction of sp³-hybridized carbons (Fsp3) is 0.791. The molecule has 12 amide bonds. The van der Waals surface area contributed by atoms with Gasteiger partial charge < -0.3 is 70.3 Å². The van der Waals surface area contributed by atoms with E-state index >= 15 is 28.8 Å². The number of carbonyl (C=O) groups excluding carboxylic acids is 12. The van der Waals surface area contributed by atoms with Gasteiger partial charge in [0.1, 0.15) is 72.6 Å². The maximum atomic E-state index is 15.4. The van der Waals surface area contributed by atoms with Crippen LogP contribution in [0.1, 0.15) is 163 Å². The number of rotatable bonds is 15. The highest BCUT2D eigenvalue weighted by atomic mass is 16.6. The lowest BCUT2D eigenvalue weighted by Gasteiger charge is -2.41. The minimum absolute atomic E-state index is 0.0647. The van der Waals surface area contributed by atoms with Gasteiger partial charge in [-0.1, -0.05) is 109 Å². The largest absolute Gasteiger partial charge is 0.444 e. The summed E-state index contributed by atoms with van der Waals surface area (Å²) in [6, 6.07) is -14.3. The van der Waals surface area contributed by atoms with Crippen molar-refractivity contribution in [3.8, 4) is 0 Å². The van der Waals surface area contributed by atoms with Crippen LogP contribution in [0.2, 0.25) is 0 Å². The molecule has 26 heteroatoms. The summed E-state index contributed by atoms with van der Waals surface area (Å²) in [5.74, 6) is -10.9. The van der Waals surface area contributed by atoms with Gasteiger partial charge in [-0.25, -0.2) is 4.79 Å². The van der Waals surface area contributed by atoms with E-state index in [0.717, 1.165) is 11.3 Å². The molecular formula is C67H116N12O14. The third kappa shape index (κ3) is 20.6. The summed E-state index contributed by atoms with van der Waals surface area (Å²) in [7, 11) is 8.46. The molecule has 0 saturated carbocycles. The lowest BCUT2D eigenvalue weighted by Crippen LogP contribution is -2.64. The third-order valence-electron chi connectivity index (χ3n) is 18.3. The average Bonchev–Trinajstić information content (AvgIpc) is 1.79. The Labute approximate surface area is 553 Å². The molecule has 1 unspecified atom stereocenters. The smallest absolute Gasteiger partial charge is 0.410 e. The summed E-state index contributed by atoms with van der Waals surface area (Å²) >= 11 is 0. The zero-order chi connectivity index (χ0) is 71.1. The molecular weight excluding hydrogens is 1200 g/mol. The van der Waals surface area contributed by atoms with Crippen molar-refractivity contribution in [3.63, 3.8) is 0 Å². The fourth-order valence-corrected chi connectivity index (χ4v) is 12.5. The Morgan fingerprint density at radius 1 is 0.527 bits per heavy atom. The Morgan fingerprint density at radius 3 is 1.46 bits per heavy atom. The molecule has 14 atom stereocenters. The lowest BCUT2D eigenvalue weighted by atomic mass is 9.91. The van der Waals surface area contributed by atoms with E-state index in [1.54, 1.807) is 74.5 Å². The predicted molar refractivity (Wildman–Crippen MR) is 353 cm³/mol. The van der Waals surface area contributed by atoms with Crippen LogP contribution in [-0.2, 0) is 57.5 Å². The Balaban J connectivity index is 2.38. The quantitative estimate of drug-likeness (QED) is 0.147. The van der Waals surface area contributed by atoms with E-state index in [1.807, 2.05) is 41.5 Å². The highest BCUT2D eigenvalue weighted by molar-refractivity contribution is 6.00. The molecule has 5 N–H and O–H groups in total. The molecule has 3 aliphatic heterocycles. The van der Waals surface area contributed by atoms with E-state index in [9.17, 15) is 33.9 Å². The Kier molecular flexibility index (Phi) is 30.8. The van der Waals surface area contributed by atoms with E-state index in [-0.39, 0.29) is 62.8 Å².